The lowest BCUT2D eigenvalue weighted by Gasteiger charge is -2.53. The molecule has 3 aromatic rings. The number of likely N-dealkylation sites (tertiary alicyclic amines) is 2. The van der Waals surface area contributed by atoms with Crippen LogP contribution in [0.25, 0.3) is 0 Å². The van der Waals surface area contributed by atoms with Gasteiger partial charge >= 0.3 is 12.2 Å². The number of fused-ring (bicyclic) bond motifs is 4. The molecule has 2 aromatic heterocycles. The van der Waals surface area contributed by atoms with Gasteiger partial charge in [-0.15, -0.1) is 22.7 Å². The predicted molar refractivity (Wildman–Crippen MR) is 229 cm³/mol. The smallest absolute Gasteiger partial charge is 0.411 e. The Morgan fingerprint density at radius 2 is 1.13 bits per heavy atom. The number of nitrogens with two attached hydrogens (primary N) is 2. The molecule has 0 aliphatic carbocycles. The summed E-state index contributed by atoms with van der Waals surface area (Å²) in [6.45, 7) is 7.03. The van der Waals surface area contributed by atoms with E-state index in [2.05, 4.69) is 60.6 Å². The Morgan fingerprint density at radius 3 is 1.48 bits per heavy atom. The largest absolute Gasteiger partial charge is 0.465 e. The molecule has 8 atom stereocenters. The van der Waals surface area contributed by atoms with Crippen LogP contribution in [0.2, 0.25) is 0 Å². The molecule has 8 rings (SSSR count). The first-order valence-electron chi connectivity index (χ1n) is 20.9. The van der Waals surface area contributed by atoms with Crippen LogP contribution in [0.5, 0.6) is 0 Å². The van der Waals surface area contributed by atoms with Crippen LogP contribution in [0.1, 0.15) is 99.1 Å². The highest BCUT2D eigenvalue weighted by molar-refractivity contribution is 7.10. The molecule has 0 radical (unpaired) electrons. The number of nitrogens with one attached hydrogen (secondary N) is 2. The molecule has 3 saturated heterocycles. The Labute approximate surface area is 371 Å². The number of anilines is 1. The molecular weight excluding hydrogens is 855 g/mol. The zero-order valence-corrected chi connectivity index (χ0v) is 37.3. The van der Waals surface area contributed by atoms with Crippen LogP contribution in [0, 0.1) is 0 Å². The molecular formula is C42H53N9O10S2. The number of methoxy groups -OCH3 is 2. The van der Waals surface area contributed by atoms with E-state index < -0.39 is 83.0 Å². The van der Waals surface area contributed by atoms with Gasteiger partial charge in [-0.05, 0) is 61.6 Å². The first kappa shape index (κ1) is 44.5. The standard InChI is InChI=1S/C42H53N9O10S2/c1-38(2,3)22-10-12-23(13-11-22)51-26(24-8-6-16-49(24)41(32(54)47-36(56)57)34-45-28(20-62-34)39(41,60-4)18-30(43)52)14-15-27(51)25-9-7-17-50(25)42(33(55)48-37(58)59)35-46-29(21-63-35)40(42,61-5)19-31(44)53/h10-13,20-21,24-27H,6-9,14-19H2,1-5H3,(H2,43,52)(H2,44,53)(H,47,54)(H,48,55)(H,56,57)(H,58,59)/t24?,25?,26-,27-,39+,40+,41+,42+/m1/s1. The molecule has 5 aliphatic heterocycles. The van der Waals surface area contributed by atoms with Crippen molar-refractivity contribution in [3.05, 3.63) is 62.0 Å². The van der Waals surface area contributed by atoms with Gasteiger partial charge in [-0.1, -0.05) is 32.9 Å². The van der Waals surface area contributed by atoms with Crippen molar-refractivity contribution in [3.63, 3.8) is 0 Å². The van der Waals surface area contributed by atoms with E-state index in [1.54, 1.807) is 10.8 Å². The molecule has 5 aliphatic rings. The molecule has 1 aromatic carbocycles. The fourth-order valence-corrected chi connectivity index (χ4v) is 14.1. The summed E-state index contributed by atoms with van der Waals surface area (Å²) in [5, 5.41) is 28.2. The molecule has 8 N–H and O–H groups in total. The first-order valence-corrected chi connectivity index (χ1v) is 22.7. The van der Waals surface area contributed by atoms with E-state index in [9.17, 15) is 39.0 Å². The third-order valence-corrected chi connectivity index (χ3v) is 16.0. The number of aromatic nitrogens is 2. The number of imide groups is 2. The lowest BCUT2D eigenvalue weighted by atomic mass is 9.74. The first-order chi connectivity index (χ1) is 29.8. The summed E-state index contributed by atoms with van der Waals surface area (Å²) in [5.74, 6) is -3.34. The van der Waals surface area contributed by atoms with Gasteiger partial charge in [0.15, 0.2) is 22.3 Å². The Balaban J connectivity index is 1.28. The maximum Gasteiger partial charge on any atom is 0.411 e. The van der Waals surface area contributed by atoms with Gasteiger partial charge in [0.2, 0.25) is 11.8 Å². The van der Waals surface area contributed by atoms with Gasteiger partial charge in [0, 0.05) is 67.9 Å². The summed E-state index contributed by atoms with van der Waals surface area (Å²) >= 11 is 2.37. The molecule has 7 heterocycles. The second-order valence-electron chi connectivity index (χ2n) is 18.1. The number of primary amides is 2. The number of rotatable bonds is 13. The highest BCUT2D eigenvalue weighted by Crippen LogP contribution is 2.61. The summed E-state index contributed by atoms with van der Waals surface area (Å²) in [6, 6.07) is 6.72. The van der Waals surface area contributed by atoms with Crippen molar-refractivity contribution in [2.24, 2.45) is 11.5 Å². The van der Waals surface area contributed by atoms with Crippen LogP contribution in [0.15, 0.2) is 35.0 Å². The van der Waals surface area contributed by atoms with Gasteiger partial charge in [-0.25, -0.2) is 19.6 Å². The van der Waals surface area contributed by atoms with E-state index in [1.165, 1.54) is 36.9 Å². The fraction of sp³-hybridized carbons (Fsp3) is 0.571. The van der Waals surface area contributed by atoms with Crippen molar-refractivity contribution in [3.8, 4) is 0 Å². The van der Waals surface area contributed by atoms with Crippen molar-refractivity contribution in [2.75, 3.05) is 32.2 Å². The molecule has 0 spiro atoms. The van der Waals surface area contributed by atoms with Crippen molar-refractivity contribution in [2.45, 2.75) is 124 Å². The minimum absolute atomic E-state index is 0.168. The molecule has 6 amide bonds. The van der Waals surface area contributed by atoms with E-state index in [4.69, 9.17) is 30.9 Å². The van der Waals surface area contributed by atoms with E-state index in [0.29, 0.717) is 63.0 Å². The topological polar surface area (TPSA) is 273 Å². The SMILES string of the molecule is CO[C@@]1(CC(N)=O)c2csc(n2)[C@]1(C(=O)NC(=O)O)N1CCCC1[C@H]1CC[C@H](C2CCCN2[C@@]2(C(=O)NC(=O)O)c3nc(cs3)[C@]2(CC(N)=O)OC)N1c1ccc(C(C)(C)C)cc1. The Hall–Kier alpha value is -5.06. The van der Waals surface area contributed by atoms with E-state index in [0.717, 1.165) is 11.3 Å². The second kappa shape index (κ2) is 15.9. The van der Waals surface area contributed by atoms with E-state index in [-0.39, 0.29) is 27.5 Å². The van der Waals surface area contributed by atoms with Crippen molar-refractivity contribution in [1.82, 2.24) is 30.4 Å². The number of carbonyl (C=O) groups is 6. The molecule has 19 nitrogen and oxygen atoms in total. The van der Waals surface area contributed by atoms with Gasteiger partial charge in [-0.2, -0.15) is 0 Å². The van der Waals surface area contributed by atoms with Crippen molar-refractivity contribution < 1.29 is 48.5 Å². The van der Waals surface area contributed by atoms with Gasteiger partial charge in [0.25, 0.3) is 11.8 Å². The van der Waals surface area contributed by atoms with Gasteiger partial charge in [-0.3, -0.25) is 39.6 Å². The lowest BCUT2D eigenvalue weighted by molar-refractivity contribution is -0.176. The minimum atomic E-state index is -1.89. The molecule has 2 unspecified atom stereocenters. The van der Waals surface area contributed by atoms with Crippen molar-refractivity contribution >= 4 is 64.2 Å². The summed E-state index contributed by atoms with van der Waals surface area (Å²) in [5.41, 5.74) is 6.89. The van der Waals surface area contributed by atoms with Gasteiger partial charge in [0.1, 0.15) is 10.0 Å². The summed E-state index contributed by atoms with van der Waals surface area (Å²) in [6.07, 6.45) is -0.509. The minimum Gasteiger partial charge on any atom is -0.465 e. The normalized spacial score (nSPS) is 31.4. The van der Waals surface area contributed by atoms with Crippen LogP contribution in [-0.2, 0) is 56.3 Å². The summed E-state index contributed by atoms with van der Waals surface area (Å²) in [4.78, 5) is 95.8. The Morgan fingerprint density at radius 1 is 0.714 bits per heavy atom. The number of benzene rings is 1. The number of thiazole rings is 2. The number of hydrogen-bond donors (Lipinski definition) is 6. The zero-order chi connectivity index (χ0) is 45.4. The van der Waals surface area contributed by atoms with Crippen LogP contribution in [0.4, 0.5) is 15.3 Å². The molecule has 21 heteroatoms. The van der Waals surface area contributed by atoms with Crippen LogP contribution >= 0.6 is 22.7 Å². The Bertz CT molecular complexity index is 2220. The summed E-state index contributed by atoms with van der Waals surface area (Å²) in [7, 11) is 2.73. The van der Waals surface area contributed by atoms with Crippen LogP contribution < -0.4 is 27.0 Å². The molecule has 4 bridgehead atoms. The van der Waals surface area contributed by atoms with Crippen molar-refractivity contribution in [1.29, 1.82) is 0 Å². The number of amides is 6. The molecule has 3 fully saturated rings. The average molecular weight is 908 g/mol. The quantitative estimate of drug-likeness (QED) is 0.144. The third kappa shape index (κ3) is 6.39. The highest BCUT2D eigenvalue weighted by atomic mass is 32.1. The van der Waals surface area contributed by atoms with Crippen LogP contribution in [0.3, 0.4) is 0 Å². The number of hydrogen-bond acceptors (Lipinski definition) is 15. The van der Waals surface area contributed by atoms with Crippen LogP contribution in [-0.4, -0.2) is 117 Å². The Kier molecular flexibility index (Phi) is 11.2. The second-order valence-corrected chi connectivity index (χ2v) is 19.8. The summed E-state index contributed by atoms with van der Waals surface area (Å²) < 4.78 is 12.4. The molecule has 63 heavy (non-hydrogen) atoms. The molecule has 338 valence electrons. The number of carbonyl (C=O) groups excluding carboxylic acids is 4. The monoisotopic (exact) mass is 907 g/mol. The lowest BCUT2D eigenvalue weighted by Crippen LogP contribution is -2.71. The third-order valence-electron chi connectivity index (χ3n) is 14.1. The number of ether oxygens (including phenoxy) is 2. The molecule has 0 saturated carbocycles. The maximum absolute atomic E-state index is 14.8. The van der Waals surface area contributed by atoms with Gasteiger partial charge in [0.05, 0.1) is 24.2 Å². The fourth-order valence-electron chi connectivity index (χ4n) is 11.8. The van der Waals surface area contributed by atoms with Gasteiger partial charge < -0.3 is 36.1 Å². The van der Waals surface area contributed by atoms with E-state index in [1.807, 2.05) is 9.80 Å². The number of carboxylic acid groups (broad SMARTS) is 2. The highest BCUT2D eigenvalue weighted by Gasteiger charge is 2.74. The predicted octanol–water partition coefficient (Wildman–Crippen LogP) is 3.00. The van der Waals surface area contributed by atoms with E-state index >= 15 is 0 Å². The number of nitrogens with zero attached hydrogens (tertiary/aromatic N) is 5. The maximum atomic E-state index is 14.8. The zero-order valence-electron chi connectivity index (χ0n) is 35.7. The average Bonchev–Trinajstić information content (AvgIpc) is 4.07.